The first kappa shape index (κ1) is 12.0. The molecule has 0 bridgehead atoms. The van der Waals surface area contributed by atoms with Crippen molar-refractivity contribution in [1.82, 2.24) is 0 Å². The van der Waals surface area contributed by atoms with E-state index in [1.54, 1.807) is 0 Å². The normalized spacial score (nSPS) is 29.7. The molecule has 0 saturated heterocycles. The lowest BCUT2D eigenvalue weighted by Crippen LogP contribution is -2.25. The molecule has 1 aliphatic rings. The van der Waals surface area contributed by atoms with Crippen molar-refractivity contribution in [3.63, 3.8) is 0 Å². The average Bonchev–Trinajstić information content (AvgIpc) is 2.56. The van der Waals surface area contributed by atoms with Gasteiger partial charge in [0.05, 0.1) is 4.47 Å². The first-order chi connectivity index (χ1) is 7.52. The smallest absolute Gasteiger partial charge is 0.143 e. The van der Waals surface area contributed by atoms with Crippen molar-refractivity contribution in [2.45, 2.75) is 31.7 Å². The van der Waals surface area contributed by atoms with Crippen LogP contribution < -0.4 is 5.73 Å². The molecule has 88 valence electrons. The van der Waals surface area contributed by atoms with E-state index in [0.717, 1.165) is 12.8 Å². The second kappa shape index (κ2) is 4.41. The van der Waals surface area contributed by atoms with Gasteiger partial charge < -0.3 is 5.73 Å². The molecule has 2 rings (SSSR count). The summed E-state index contributed by atoms with van der Waals surface area (Å²) in [6.07, 6.45) is 1.59. The lowest BCUT2D eigenvalue weighted by atomic mass is 9.88. The summed E-state index contributed by atoms with van der Waals surface area (Å²) in [5, 5.41) is 0. The minimum absolute atomic E-state index is 0.0442. The second-order valence-corrected chi connectivity index (χ2v) is 5.32. The first-order valence-electron chi connectivity index (χ1n) is 5.41. The lowest BCUT2D eigenvalue weighted by molar-refractivity contribution is 0.441. The van der Waals surface area contributed by atoms with E-state index >= 15 is 0 Å². The summed E-state index contributed by atoms with van der Waals surface area (Å²) in [6.45, 7) is 1.96. The molecule has 1 saturated carbocycles. The van der Waals surface area contributed by atoms with Gasteiger partial charge in [0, 0.05) is 11.6 Å². The van der Waals surface area contributed by atoms with Gasteiger partial charge >= 0.3 is 0 Å². The van der Waals surface area contributed by atoms with Crippen molar-refractivity contribution in [3.05, 3.63) is 33.8 Å². The van der Waals surface area contributed by atoms with Crippen LogP contribution in [0.4, 0.5) is 8.78 Å². The van der Waals surface area contributed by atoms with Crippen LogP contribution in [-0.2, 0) is 0 Å². The fraction of sp³-hybridized carbons (Fsp3) is 0.500. The average molecular weight is 290 g/mol. The Bertz CT molecular complexity index is 408. The molecule has 0 spiro atoms. The highest BCUT2D eigenvalue weighted by atomic mass is 79.9. The van der Waals surface area contributed by atoms with Crippen molar-refractivity contribution < 1.29 is 8.78 Å². The Morgan fingerprint density at radius 1 is 1.31 bits per heavy atom. The van der Waals surface area contributed by atoms with Crippen molar-refractivity contribution in [2.75, 3.05) is 0 Å². The van der Waals surface area contributed by atoms with Crippen LogP contribution in [0, 0.1) is 17.6 Å². The molecule has 0 aromatic heterocycles. The Labute approximate surface area is 102 Å². The number of nitrogens with two attached hydrogens (primary N) is 1. The molecular formula is C12H14BrF2N. The van der Waals surface area contributed by atoms with Crippen LogP contribution in [0.1, 0.15) is 31.2 Å². The number of hydrogen-bond acceptors (Lipinski definition) is 1. The Balaban J connectivity index is 2.44. The van der Waals surface area contributed by atoms with Crippen LogP contribution in [0.25, 0.3) is 0 Å². The summed E-state index contributed by atoms with van der Waals surface area (Å²) in [6, 6.07) is 2.75. The van der Waals surface area contributed by atoms with Gasteiger partial charge in [0.25, 0.3) is 0 Å². The minimum Gasteiger partial charge on any atom is -0.327 e. The topological polar surface area (TPSA) is 26.0 Å². The first-order valence-corrected chi connectivity index (χ1v) is 6.20. The number of benzene rings is 1. The zero-order valence-electron chi connectivity index (χ0n) is 9.01. The maximum absolute atomic E-state index is 13.9. The lowest BCUT2D eigenvalue weighted by Gasteiger charge is -2.20. The maximum Gasteiger partial charge on any atom is 0.143 e. The third-order valence-electron chi connectivity index (χ3n) is 3.57. The molecular weight excluding hydrogens is 276 g/mol. The van der Waals surface area contributed by atoms with E-state index in [1.807, 2.05) is 6.92 Å². The fourth-order valence-corrected chi connectivity index (χ4v) is 2.83. The van der Waals surface area contributed by atoms with Crippen LogP contribution in [0.2, 0.25) is 0 Å². The predicted octanol–water partition coefficient (Wildman–Crippen LogP) is 3.57. The molecule has 3 atom stereocenters. The van der Waals surface area contributed by atoms with Gasteiger partial charge in [-0.05, 0) is 52.7 Å². The van der Waals surface area contributed by atoms with Crippen molar-refractivity contribution in [2.24, 2.45) is 11.7 Å². The number of rotatable bonds is 1. The molecule has 0 amide bonds. The largest absolute Gasteiger partial charge is 0.327 e. The molecule has 3 unspecified atom stereocenters. The fourth-order valence-electron chi connectivity index (χ4n) is 2.49. The van der Waals surface area contributed by atoms with Crippen molar-refractivity contribution in [3.8, 4) is 0 Å². The van der Waals surface area contributed by atoms with Crippen LogP contribution >= 0.6 is 15.9 Å². The Hall–Kier alpha value is -0.480. The summed E-state index contributed by atoms with van der Waals surface area (Å²) in [4.78, 5) is 0. The summed E-state index contributed by atoms with van der Waals surface area (Å²) in [5.74, 6) is -0.927. The SMILES string of the molecule is CC1C(N)CCC1c1c(F)ccc(Br)c1F. The highest BCUT2D eigenvalue weighted by molar-refractivity contribution is 9.10. The monoisotopic (exact) mass is 289 g/mol. The molecule has 0 heterocycles. The van der Waals surface area contributed by atoms with Gasteiger partial charge in [-0.2, -0.15) is 0 Å². The van der Waals surface area contributed by atoms with Crippen LogP contribution in [0.15, 0.2) is 16.6 Å². The van der Waals surface area contributed by atoms with Gasteiger partial charge in [-0.25, -0.2) is 8.78 Å². The van der Waals surface area contributed by atoms with E-state index in [-0.39, 0.29) is 23.4 Å². The summed E-state index contributed by atoms with van der Waals surface area (Å²) in [5.41, 5.74) is 6.08. The number of hydrogen-bond donors (Lipinski definition) is 1. The predicted molar refractivity (Wildman–Crippen MR) is 63.2 cm³/mol. The summed E-state index contributed by atoms with van der Waals surface area (Å²) < 4.78 is 27.9. The zero-order valence-corrected chi connectivity index (χ0v) is 10.6. The standard InChI is InChI=1S/C12H14BrF2N/c1-6-7(2-5-10(6)16)11-9(14)4-3-8(13)12(11)15/h3-4,6-7,10H,2,5,16H2,1H3. The van der Waals surface area contributed by atoms with Gasteiger partial charge in [-0.15, -0.1) is 0 Å². The van der Waals surface area contributed by atoms with Crippen LogP contribution in [0.5, 0.6) is 0 Å². The Morgan fingerprint density at radius 3 is 2.56 bits per heavy atom. The minimum atomic E-state index is -0.481. The number of halogens is 3. The molecule has 1 aliphatic carbocycles. The van der Waals surface area contributed by atoms with E-state index in [9.17, 15) is 8.78 Å². The van der Waals surface area contributed by atoms with Crippen LogP contribution in [0.3, 0.4) is 0 Å². The Morgan fingerprint density at radius 2 is 2.00 bits per heavy atom. The molecule has 4 heteroatoms. The second-order valence-electron chi connectivity index (χ2n) is 4.46. The van der Waals surface area contributed by atoms with Crippen molar-refractivity contribution in [1.29, 1.82) is 0 Å². The highest BCUT2D eigenvalue weighted by Crippen LogP contribution is 2.41. The van der Waals surface area contributed by atoms with Crippen LogP contribution in [-0.4, -0.2) is 6.04 Å². The summed E-state index contributed by atoms with van der Waals surface area (Å²) >= 11 is 3.09. The third kappa shape index (κ3) is 1.89. The molecule has 1 aromatic rings. The molecule has 1 fully saturated rings. The zero-order chi connectivity index (χ0) is 11.9. The van der Waals surface area contributed by atoms with E-state index in [4.69, 9.17) is 5.73 Å². The Kier molecular flexibility index (Phi) is 3.31. The van der Waals surface area contributed by atoms with E-state index in [2.05, 4.69) is 15.9 Å². The van der Waals surface area contributed by atoms with E-state index in [0.29, 0.717) is 4.47 Å². The van der Waals surface area contributed by atoms with Crippen molar-refractivity contribution >= 4 is 15.9 Å². The highest BCUT2D eigenvalue weighted by Gasteiger charge is 2.35. The van der Waals surface area contributed by atoms with Gasteiger partial charge in [0.1, 0.15) is 11.6 Å². The van der Waals surface area contributed by atoms with Gasteiger partial charge in [-0.1, -0.05) is 6.92 Å². The van der Waals surface area contributed by atoms with E-state index < -0.39 is 11.6 Å². The summed E-state index contributed by atoms with van der Waals surface area (Å²) in [7, 11) is 0. The van der Waals surface area contributed by atoms with E-state index in [1.165, 1.54) is 12.1 Å². The quantitative estimate of drug-likeness (QED) is 0.786. The molecule has 0 radical (unpaired) electrons. The maximum atomic E-state index is 13.9. The van der Waals surface area contributed by atoms with Gasteiger partial charge in [0.15, 0.2) is 0 Å². The molecule has 2 N–H and O–H groups in total. The third-order valence-corrected chi connectivity index (χ3v) is 4.18. The molecule has 0 aliphatic heterocycles. The molecule has 16 heavy (non-hydrogen) atoms. The van der Waals surface area contributed by atoms with Gasteiger partial charge in [0.2, 0.25) is 0 Å². The molecule has 1 nitrogen and oxygen atoms in total. The molecule has 1 aromatic carbocycles. The van der Waals surface area contributed by atoms with Gasteiger partial charge in [-0.3, -0.25) is 0 Å².